The molecule has 0 amide bonds. The zero-order valence-electron chi connectivity index (χ0n) is 19.3. The zero-order chi connectivity index (χ0) is 25.2. The first-order chi connectivity index (χ1) is 16.6. The first kappa shape index (κ1) is 25.0. The Bertz CT molecular complexity index is 1300. The van der Waals surface area contributed by atoms with Gasteiger partial charge in [0.2, 0.25) is 7.37 Å². The summed E-state index contributed by atoms with van der Waals surface area (Å²) >= 11 is 0. The van der Waals surface area contributed by atoms with Gasteiger partial charge in [-0.2, -0.15) is 0 Å². The van der Waals surface area contributed by atoms with Crippen LogP contribution in [-0.2, 0) is 9.36 Å². The first-order valence-electron chi connectivity index (χ1n) is 11.4. The summed E-state index contributed by atoms with van der Waals surface area (Å²) in [5.41, 5.74) is 5.62. The number of benzene rings is 2. The normalized spacial score (nSPS) is 16.2. The fourth-order valence-electron chi connectivity index (χ4n) is 4.24. The Hall–Kier alpha value is -3.12. The second-order valence-electron chi connectivity index (χ2n) is 8.91. The number of aliphatic carboxylic acids is 1. The number of rotatable bonds is 9. The molecule has 0 aliphatic heterocycles. The van der Waals surface area contributed by atoms with Crippen molar-refractivity contribution < 1.29 is 28.9 Å². The number of aromatic nitrogens is 1. The van der Waals surface area contributed by atoms with Gasteiger partial charge in [0.1, 0.15) is 5.82 Å². The van der Waals surface area contributed by atoms with E-state index >= 15 is 0 Å². The number of hydrogen-bond acceptors (Lipinski definition) is 4. The molecule has 0 spiro atoms. The number of nitrogens with zero attached hydrogens (tertiary/aromatic N) is 1. The van der Waals surface area contributed by atoms with E-state index < -0.39 is 32.0 Å². The molecule has 1 saturated carbocycles. The smallest absolute Gasteiger partial charge is 0.305 e. The van der Waals surface area contributed by atoms with Crippen molar-refractivity contribution in [1.29, 1.82) is 0 Å². The second-order valence-corrected chi connectivity index (χ2v) is 11.1. The molecule has 1 aliphatic rings. The van der Waals surface area contributed by atoms with Crippen molar-refractivity contribution in [3.05, 3.63) is 83.1 Å². The quantitative estimate of drug-likeness (QED) is 0.323. The van der Waals surface area contributed by atoms with E-state index in [0.29, 0.717) is 5.56 Å². The molecule has 0 radical (unpaired) electrons. The third-order valence-electron chi connectivity index (χ3n) is 6.01. The average molecular weight is 495 g/mol. The van der Waals surface area contributed by atoms with Crippen LogP contribution in [0.4, 0.5) is 4.39 Å². The largest absolute Gasteiger partial charge is 0.481 e. The van der Waals surface area contributed by atoms with Crippen LogP contribution in [0.2, 0.25) is 0 Å². The molecule has 35 heavy (non-hydrogen) atoms. The van der Waals surface area contributed by atoms with Crippen LogP contribution in [0.15, 0.2) is 60.4 Å². The van der Waals surface area contributed by atoms with Gasteiger partial charge in [0.25, 0.3) is 0 Å². The van der Waals surface area contributed by atoms with Crippen LogP contribution in [0, 0.1) is 12.7 Å². The number of halogens is 1. The Morgan fingerprint density at radius 3 is 2.40 bits per heavy atom. The van der Waals surface area contributed by atoms with E-state index in [1.54, 1.807) is 18.2 Å². The number of aliphatic hydroxyl groups is 1. The Balaban J connectivity index is 1.86. The van der Waals surface area contributed by atoms with Gasteiger partial charge in [-0.05, 0) is 54.7 Å². The number of carboxylic acids is 1. The Labute approximate surface area is 203 Å². The standard InChI is InChI=1S/C27H27FNO5P/c1-17-25(18-9-11-21(28)12-10-18)23(13-14-35(33,34)16-22(30)15-24(31)32)27(20-7-8-20)29-26(17)19-5-3-2-4-6-19/h2-6,9-14,20,22,30H,7-8,15-16H2,1H3,(H,31,32)(H,33,34)/t22-/m0/s1. The molecule has 1 aliphatic carbocycles. The maximum atomic E-state index is 13.7. The van der Waals surface area contributed by atoms with E-state index in [4.69, 9.17) is 10.1 Å². The fraction of sp³-hybridized carbons (Fsp3) is 0.259. The molecular formula is C27H27FNO5P. The van der Waals surface area contributed by atoms with Crippen LogP contribution in [0.25, 0.3) is 28.5 Å². The van der Waals surface area contributed by atoms with E-state index in [0.717, 1.165) is 52.3 Å². The van der Waals surface area contributed by atoms with E-state index in [9.17, 15) is 23.7 Å². The summed E-state index contributed by atoms with van der Waals surface area (Å²) < 4.78 is 26.5. The molecule has 3 N–H and O–H groups in total. The third kappa shape index (κ3) is 6.12. The minimum Gasteiger partial charge on any atom is -0.481 e. The maximum absolute atomic E-state index is 13.7. The van der Waals surface area contributed by atoms with Crippen molar-refractivity contribution in [1.82, 2.24) is 4.98 Å². The second kappa shape index (κ2) is 10.2. The third-order valence-corrected chi connectivity index (χ3v) is 7.57. The molecule has 0 bridgehead atoms. The molecule has 3 aromatic rings. The molecule has 2 atom stereocenters. The number of carbonyl (C=O) groups is 1. The van der Waals surface area contributed by atoms with Gasteiger partial charge in [-0.25, -0.2) is 4.39 Å². The molecule has 1 aromatic heterocycles. The molecule has 1 unspecified atom stereocenters. The van der Waals surface area contributed by atoms with Crippen molar-refractivity contribution in [2.75, 3.05) is 6.16 Å². The van der Waals surface area contributed by atoms with Gasteiger partial charge >= 0.3 is 5.97 Å². The molecule has 2 aromatic carbocycles. The summed E-state index contributed by atoms with van der Waals surface area (Å²) in [6.45, 7) is 1.93. The van der Waals surface area contributed by atoms with Gasteiger partial charge in [-0.1, -0.05) is 42.5 Å². The summed E-state index contributed by atoms with van der Waals surface area (Å²) in [5, 5.41) is 18.7. The van der Waals surface area contributed by atoms with Crippen molar-refractivity contribution in [2.24, 2.45) is 0 Å². The molecular weight excluding hydrogens is 468 g/mol. The van der Waals surface area contributed by atoms with Crippen LogP contribution in [0.3, 0.4) is 0 Å². The zero-order valence-corrected chi connectivity index (χ0v) is 20.2. The number of carboxylic acid groups (broad SMARTS) is 1. The minimum atomic E-state index is -3.99. The van der Waals surface area contributed by atoms with Gasteiger partial charge in [-0.3, -0.25) is 14.3 Å². The van der Waals surface area contributed by atoms with E-state index in [1.165, 1.54) is 12.1 Å². The highest BCUT2D eigenvalue weighted by Gasteiger charge is 2.31. The van der Waals surface area contributed by atoms with E-state index in [2.05, 4.69) is 0 Å². The Morgan fingerprint density at radius 1 is 1.14 bits per heavy atom. The van der Waals surface area contributed by atoms with E-state index in [1.807, 2.05) is 37.3 Å². The van der Waals surface area contributed by atoms with E-state index in [-0.39, 0.29) is 11.7 Å². The summed E-state index contributed by atoms with van der Waals surface area (Å²) in [6.07, 6.45) is 0.834. The lowest BCUT2D eigenvalue weighted by atomic mass is 9.90. The van der Waals surface area contributed by atoms with Gasteiger partial charge in [0.15, 0.2) is 0 Å². The van der Waals surface area contributed by atoms with Crippen molar-refractivity contribution in [3.63, 3.8) is 0 Å². The van der Waals surface area contributed by atoms with Crippen molar-refractivity contribution in [3.8, 4) is 22.4 Å². The number of aliphatic hydroxyl groups excluding tert-OH is 1. The fourth-order valence-corrected chi connectivity index (χ4v) is 5.47. The first-order valence-corrected chi connectivity index (χ1v) is 13.3. The SMILES string of the molecule is Cc1c(-c2ccccc2)nc(C2CC2)c(C=CP(=O)(O)C[C@@H](O)CC(=O)O)c1-c1ccc(F)cc1. The van der Waals surface area contributed by atoms with Crippen LogP contribution in [-0.4, -0.2) is 38.3 Å². The molecule has 6 nitrogen and oxygen atoms in total. The lowest BCUT2D eigenvalue weighted by Gasteiger charge is -2.19. The molecule has 4 rings (SSSR count). The lowest BCUT2D eigenvalue weighted by molar-refractivity contribution is -0.138. The molecule has 182 valence electrons. The summed E-state index contributed by atoms with van der Waals surface area (Å²) in [7, 11) is -3.99. The predicted octanol–water partition coefficient (Wildman–Crippen LogP) is 5.82. The van der Waals surface area contributed by atoms with Gasteiger partial charge in [0, 0.05) is 22.9 Å². The Kier molecular flexibility index (Phi) is 7.31. The number of hydrogen-bond donors (Lipinski definition) is 3. The van der Waals surface area contributed by atoms with Crippen molar-refractivity contribution >= 4 is 19.4 Å². The summed E-state index contributed by atoms with van der Waals surface area (Å²) in [5.74, 6) is -0.258. The monoisotopic (exact) mass is 495 g/mol. The summed E-state index contributed by atoms with van der Waals surface area (Å²) in [6, 6.07) is 15.8. The molecule has 1 heterocycles. The van der Waals surface area contributed by atoms with Crippen LogP contribution < -0.4 is 0 Å². The Morgan fingerprint density at radius 2 is 1.80 bits per heavy atom. The minimum absolute atomic E-state index is 0.201. The predicted molar refractivity (Wildman–Crippen MR) is 134 cm³/mol. The highest BCUT2D eigenvalue weighted by Crippen LogP contribution is 2.48. The van der Waals surface area contributed by atoms with Gasteiger partial charge < -0.3 is 15.1 Å². The summed E-state index contributed by atoms with van der Waals surface area (Å²) in [4.78, 5) is 26.3. The van der Waals surface area contributed by atoms with Crippen LogP contribution in [0.5, 0.6) is 0 Å². The van der Waals surface area contributed by atoms with Gasteiger partial charge in [-0.15, -0.1) is 0 Å². The molecule has 8 heteroatoms. The van der Waals surface area contributed by atoms with Crippen LogP contribution >= 0.6 is 7.37 Å². The molecule has 1 fully saturated rings. The number of pyridine rings is 1. The topological polar surface area (TPSA) is 108 Å². The maximum Gasteiger partial charge on any atom is 0.305 e. The lowest BCUT2D eigenvalue weighted by Crippen LogP contribution is -2.17. The van der Waals surface area contributed by atoms with Crippen LogP contribution in [0.1, 0.15) is 42.0 Å². The molecule has 0 saturated heterocycles. The average Bonchev–Trinajstić information content (AvgIpc) is 3.63. The highest BCUT2D eigenvalue weighted by molar-refractivity contribution is 7.61. The highest BCUT2D eigenvalue weighted by atomic mass is 31.2. The van der Waals surface area contributed by atoms with Crippen molar-refractivity contribution in [2.45, 2.75) is 38.2 Å². The van der Waals surface area contributed by atoms with Gasteiger partial charge in [0.05, 0.1) is 30.1 Å².